The lowest BCUT2D eigenvalue weighted by atomic mass is 9.95. The first-order chi connectivity index (χ1) is 7.63. The van der Waals surface area contributed by atoms with Crippen LogP contribution in [0.3, 0.4) is 0 Å². The lowest BCUT2D eigenvalue weighted by molar-refractivity contribution is 0.160. The van der Waals surface area contributed by atoms with Gasteiger partial charge in [0.05, 0.1) is 0 Å². The topological polar surface area (TPSA) is 44.4 Å². The van der Waals surface area contributed by atoms with Crippen molar-refractivity contribution in [3.05, 3.63) is 0 Å². The third-order valence-electron chi connectivity index (χ3n) is 3.02. The molecule has 0 radical (unpaired) electrons. The molecule has 0 aromatic rings. The van der Waals surface area contributed by atoms with Gasteiger partial charge in [-0.3, -0.25) is 0 Å². The minimum absolute atomic E-state index is 0.101. The van der Waals surface area contributed by atoms with E-state index in [1.54, 1.807) is 0 Å². The predicted octanol–water partition coefficient (Wildman–Crippen LogP) is 1.43. The van der Waals surface area contributed by atoms with Crippen molar-refractivity contribution in [1.29, 1.82) is 0 Å². The highest BCUT2D eigenvalue weighted by molar-refractivity contribution is 5.74. The molecule has 1 fully saturated rings. The zero-order chi connectivity index (χ0) is 12.0. The Morgan fingerprint density at radius 2 is 2.25 bits per heavy atom. The molecule has 1 aliphatic rings. The number of rotatable bonds is 4. The normalized spacial score (nSPS) is 21.2. The summed E-state index contributed by atoms with van der Waals surface area (Å²) in [6.45, 7) is 6.87. The number of nitrogens with zero attached hydrogens (tertiary/aromatic N) is 1. The van der Waals surface area contributed by atoms with Crippen molar-refractivity contribution in [2.24, 2.45) is 5.92 Å². The van der Waals surface area contributed by atoms with Crippen LogP contribution in [0.1, 0.15) is 33.1 Å². The molecule has 1 rings (SSSR count). The van der Waals surface area contributed by atoms with Crippen LogP contribution in [0.4, 0.5) is 4.79 Å². The van der Waals surface area contributed by atoms with Crippen LogP contribution >= 0.6 is 0 Å². The maximum absolute atomic E-state index is 11.8. The summed E-state index contributed by atoms with van der Waals surface area (Å²) in [6.07, 6.45) is 3.56. The van der Waals surface area contributed by atoms with Gasteiger partial charge in [-0.1, -0.05) is 0 Å². The first-order valence-electron chi connectivity index (χ1n) is 6.33. The predicted molar refractivity (Wildman–Crippen MR) is 66.5 cm³/mol. The number of likely N-dealkylation sites (tertiary alicyclic amines) is 1. The van der Waals surface area contributed by atoms with Crippen molar-refractivity contribution < 1.29 is 4.79 Å². The number of nitrogens with one attached hydrogen (secondary N) is 2. The van der Waals surface area contributed by atoms with Gasteiger partial charge < -0.3 is 15.5 Å². The molecule has 1 heterocycles. The van der Waals surface area contributed by atoms with Crippen LogP contribution in [0.15, 0.2) is 0 Å². The van der Waals surface area contributed by atoms with Crippen molar-refractivity contribution in [3.63, 3.8) is 0 Å². The largest absolute Gasteiger partial charge is 0.336 e. The third kappa shape index (κ3) is 4.39. The fraction of sp³-hybridized carbons (Fsp3) is 0.917. The average Bonchev–Trinajstić information content (AvgIpc) is 2.26. The molecular formula is C12H25N3O. The van der Waals surface area contributed by atoms with Crippen LogP contribution in [0.25, 0.3) is 0 Å². The lowest BCUT2D eigenvalue weighted by Gasteiger charge is -2.33. The quantitative estimate of drug-likeness (QED) is 0.763. The Balaban J connectivity index is 2.34. The number of piperidine rings is 1. The number of urea groups is 1. The summed E-state index contributed by atoms with van der Waals surface area (Å²) in [4.78, 5) is 13.8. The van der Waals surface area contributed by atoms with Gasteiger partial charge in [0, 0.05) is 19.1 Å². The summed E-state index contributed by atoms with van der Waals surface area (Å²) in [7, 11) is 1.98. The van der Waals surface area contributed by atoms with E-state index in [2.05, 4.69) is 10.6 Å². The second-order valence-corrected chi connectivity index (χ2v) is 4.95. The highest BCUT2D eigenvalue weighted by atomic mass is 16.2. The molecular weight excluding hydrogens is 202 g/mol. The van der Waals surface area contributed by atoms with Crippen molar-refractivity contribution in [1.82, 2.24) is 15.5 Å². The Kier molecular flexibility index (Phi) is 5.60. The molecule has 0 spiro atoms. The minimum atomic E-state index is 0.101. The van der Waals surface area contributed by atoms with Gasteiger partial charge in [-0.15, -0.1) is 0 Å². The van der Waals surface area contributed by atoms with Crippen molar-refractivity contribution in [2.45, 2.75) is 39.2 Å². The monoisotopic (exact) mass is 227 g/mol. The fourth-order valence-electron chi connectivity index (χ4n) is 2.17. The van der Waals surface area contributed by atoms with Crippen molar-refractivity contribution >= 4 is 6.03 Å². The summed E-state index contributed by atoms with van der Waals surface area (Å²) < 4.78 is 0. The van der Waals surface area contributed by atoms with E-state index in [1.807, 2.05) is 25.8 Å². The van der Waals surface area contributed by atoms with Crippen LogP contribution in [-0.4, -0.2) is 43.7 Å². The van der Waals surface area contributed by atoms with Crippen molar-refractivity contribution in [2.75, 3.05) is 26.7 Å². The SMILES string of the molecule is CNCCC1CCCN(C(=O)NC(C)C)C1. The molecule has 4 nitrogen and oxygen atoms in total. The number of carbonyl (C=O) groups excluding carboxylic acids is 1. The Bertz CT molecular complexity index is 218. The van der Waals surface area contributed by atoms with Gasteiger partial charge in [-0.25, -0.2) is 4.79 Å². The summed E-state index contributed by atoms with van der Waals surface area (Å²) >= 11 is 0. The van der Waals surface area contributed by atoms with Gasteiger partial charge in [0.15, 0.2) is 0 Å². The van der Waals surface area contributed by atoms with Crippen LogP contribution in [-0.2, 0) is 0 Å². The second-order valence-electron chi connectivity index (χ2n) is 4.95. The highest BCUT2D eigenvalue weighted by Crippen LogP contribution is 2.19. The maximum atomic E-state index is 11.8. The number of amides is 2. The van der Waals surface area contributed by atoms with Gasteiger partial charge in [0.1, 0.15) is 0 Å². The Morgan fingerprint density at radius 3 is 2.88 bits per heavy atom. The highest BCUT2D eigenvalue weighted by Gasteiger charge is 2.23. The smallest absolute Gasteiger partial charge is 0.317 e. The maximum Gasteiger partial charge on any atom is 0.317 e. The van der Waals surface area contributed by atoms with E-state index in [0.29, 0.717) is 5.92 Å². The zero-order valence-electron chi connectivity index (χ0n) is 10.8. The standard InChI is InChI=1S/C12H25N3O/c1-10(2)14-12(16)15-8-4-5-11(9-15)6-7-13-3/h10-11,13H,4-9H2,1-3H3,(H,14,16). The van der Waals surface area contributed by atoms with Gasteiger partial charge in [-0.2, -0.15) is 0 Å². The Hall–Kier alpha value is -0.770. The van der Waals surface area contributed by atoms with Crippen LogP contribution in [0, 0.1) is 5.92 Å². The molecule has 1 atom stereocenters. The van der Waals surface area contributed by atoms with Gasteiger partial charge >= 0.3 is 6.03 Å². The van der Waals surface area contributed by atoms with Crippen LogP contribution < -0.4 is 10.6 Å². The minimum Gasteiger partial charge on any atom is -0.336 e. The fourth-order valence-corrected chi connectivity index (χ4v) is 2.17. The molecule has 94 valence electrons. The first-order valence-corrected chi connectivity index (χ1v) is 6.33. The molecule has 0 aromatic carbocycles. The Labute approximate surface area is 98.8 Å². The molecule has 2 N–H and O–H groups in total. The van der Waals surface area contributed by atoms with Crippen LogP contribution in [0.5, 0.6) is 0 Å². The second kappa shape index (κ2) is 6.74. The van der Waals surface area contributed by atoms with E-state index in [9.17, 15) is 4.79 Å². The molecule has 0 aliphatic carbocycles. The van der Waals surface area contributed by atoms with E-state index >= 15 is 0 Å². The van der Waals surface area contributed by atoms with E-state index < -0.39 is 0 Å². The molecule has 1 unspecified atom stereocenters. The number of hydrogen-bond donors (Lipinski definition) is 2. The molecule has 2 amide bonds. The van der Waals surface area contributed by atoms with E-state index in [0.717, 1.165) is 26.1 Å². The summed E-state index contributed by atoms with van der Waals surface area (Å²) in [6, 6.07) is 0.328. The summed E-state index contributed by atoms with van der Waals surface area (Å²) in [5, 5.41) is 6.13. The molecule has 0 saturated carbocycles. The molecule has 4 heteroatoms. The van der Waals surface area contributed by atoms with E-state index in [4.69, 9.17) is 0 Å². The van der Waals surface area contributed by atoms with E-state index in [-0.39, 0.29) is 12.1 Å². The average molecular weight is 227 g/mol. The summed E-state index contributed by atoms with van der Waals surface area (Å²) in [5.41, 5.74) is 0. The van der Waals surface area contributed by atoms with Gasteiger partial charge in [0.2, 0.25) is 0 Å². The summed E-state index contributed by atoms with van der Waals surface area (Å²) in [5.74, 6) is 0.666. The van der Waals surface area contributed by atoms with Gasteiger partial charge in [0.25, 0.3) is 0 Å². The first kappa shape index (κ1) is 13.3. The lowest BCUT2D eigenvalue weighted by Crippen LogP contribution is -2.47. The van der Waals surface area contributed by atoms with Gasteiger partial charge in [-0.05, 0) is 52.6 Å². The molecule has 16 heavy (non-hydrogen) atoms. The van der Waals surface area contributed by atoms with Crippen molar-refractivity contribution in [3.8, 4) is 0 Å². The van der Waals surface area contributed by atoms with E-state index in [1.165, 1.54) is 12.8 Å². The molecule has 1 aliphatic heterocycles. The number of hydrogen-bond acceptors (Lipinski definition) is 2. The zero-order valence-corrected chi connectivity index (χ0v) is 10.8. The molecule has 0 aromatic heterocycles. The molecule has 1 saturated heterocycles. The Morgan fingerprint density at radius 1 is 1.50 bits per heavy atom. The third-order valence-corrected chi connectivity index (χ3v) is 3.02. The molecule has 0 bridgehead atoms. The van der Waals surface area contributed by atoms with Crippen LogP contribution in [0.2, 0.25) is 0 Å². The number of carbonyl (C=O) groups is 1.